The summed E-state index contributed by atoms with van der Waals surface area (Å²) >= 11 is 0. The topological polar surface area (TPSA) is 78.9 Å². The third kappa shape index (κ3) is 43.4. The molecule has 0 N–H and O–H groups in total. The second-order valence-corrected chi connectivity index (χ2v) is 16.7. The normalized spacial score (nSPS) is 11.8. The molecule has 0 fully saturated rings. The second-order valence-electron chi connectivity index (χ2n) is 16.7. The highest BCUT2D eigenvalue weighted by Crippen LogP contribution is 2.16. The number of carbonyl (C=O) groups is 3. The molecule has 0 amide bonds. The monoisotopic (exact) mass is 779 g/mol. The van der Waals surface area contributed by atoms with Crippen LogP contribution in [0.4, 0.5) is 0 Å². The molecule has 0 aromatic heterocycles. The summed E-state index contributed by atoms with van der Waals surface area (Å²) in [4.78, 5) is 37.6. The van der Waals surface area contributed by atoms with Gasteiger partial charge in [-0.15, -0.1) is 0 Å². The fourth-order valence-corrected chi connectivity index (χ4v) is 7.38. The lowest BCUT2D eigenvalue weighted by atomic mass is 10.0. The molecule has 0 radical (unpaired) electrons. The zero-order valence-electron chi connectivity index (χ0n) is 37.2. The molecule has 1 atom stereocenters. The Labute approximate surface area is 342 Å². The van der Waals surface area contributed by atoms with Crippen LogP contribution in [-0.4, -0.2) is 37.2 Å². The molecular formula is C49H94O6. The molecule has 0 heterocycles. The van der Waals surface area contributed by atoms with Gasteiger partial charge in [0.2, 0.25) is 0 Å². The van der Waals surface area contributed by atoms with Crippen LogP contribution in [-0.2, 0) is 28.6 Å². The molecule has 55 heavy (non-hydrogen) atoms. The summed E-state index contributed by atoms with van der Waals surface area (Å²) in [6, 6.07) is 0. The van der Waals surface area contributed by atoms with Gasteiger partial charge in [-0.05, 0) is 19.3 Å². The van der Waals surface area contributed by atoms with E-state index < -0.39 is 6.10 Å². The average Bonchev–Trinajstić information content (AvgIpc) is 3.18. The summed E-state index contributed by atoms with van der Waals surface area (Å²) in [6.45, 7) is 6.59. The van der Waals surface area contributed by atoms with Crippen LogP contribution in [0, 0.1) is 0 Å². The van der Waals surface area contributed by atoms with E-state index in [1.165, 1.54) is 173 Å². The van der Waals surface area contributed by atoms with Crippen LogP contribution < -0.4 is 0 Å². The lowest BCUT2D eigenvalue weighted by Gasteiger charge is -2.18. The number of ether oxygens (including phenoxy) is 3. The van der Waals surface area contributed by atoms with E-state index in [1.54, 1.807) is 0 Å². The SMILES string of the molecule is CCCCCCCCCCCCCCCCCCCC(=O)O[C@@H](COC(=O)CCCCCCC)COC(=O)CCCCCCCCCCCCCCCCC. The highest BCUT2D eigenvalue weighted by Gasteiger charge is 2.19. The fraction of sp³-hybridized carbons (Fsp3) is 0.939. The second kappa shape index (κ2) is 45.1. The van der Waals surface area contributed by atoms with E-state index in [2.05, 4.69) is 20.8 Å². The van der Waals surface area contributed by atoms with Crippen LogP contribution in [0.5, 0.6) is 0 Å². The smallest absolute Gasteiger partial charge is 0.306 e. The van der Waals surface area contributed by atoms with E-state index in [-0.39, 0.29) is 31.1 Å². The van der Waals surface area contributed by atoms with E-state index >= 15 is 0 Å². The van der Waals surface area contributed by atoms with Gasteiger partial charge in [-0.1, -0.05) is 239 Å². The number of carbonyl (C=O) groups excluding carboxylic acids is 3. The molecule has 0 unspecified atom stereocenters. The van der Waals surface area contributed by atoms with Crippen molar-refractivity contribution >= 4 is 17.9 Å². The third-order valence-electron chi connectivity index (χ3n) is 11.1. The molecule has 6 nitrogen and oxygen atoms in total. The zero-order valence-corrected chi connectivity index (χ0v) is 37.2. The predicted octanol–water partition coefficient (Wildman–Crippen LogP) is 15.6. The molecule has 326 valence electrons. The maximum Gasteiger partial charge on any atom is 0.306 e. The molecule has 0 rings (SSSR count). The van der Waals surface area contributed by atoms with E-state index in [1.807, 2.05) is 0 Å². The minimum absolute atomic E-state index is 0.0634. The Hall–Kier alpha value is -1.59. The van der Waals surface area contributed by atoms with Crippen molar-refractivity contribution in [1.29, 1.82) is 0 Å². The predicted molar refractivity (Wildman–Crippen MR) is 233 cm³/mol. The Bertz CT molecular complexity index is 813. The first-order valence-electron chi connectivity index (χ1n) is 24.5. The van der Waals surface area contributed by atoms with Gasteiger partial charge in [0.1, 0.15) is 13.2 Å². The highest BCUT2D eigenvalue weighted by molar-refractivity contribution is 5.71. The Morgan fingerprint density at radius 3 is 0.727 bits per heavy atom. The van der Waals surface area contributed by atoms with Gasteiger partial charge in [-0.25, -0.2) is 0 Å². The maximum absolute atomic E-state index is 12.7. The number of hydrogen-bond donors (Lipinski definition) is 0. The summed E-state index contributed by atoms with van der Waals surface area (Å²) in [5, 5.41) is 0. The summed E-state index contributed by atoms with van der Waals surface area (Å²) in [7, 11) is 0. The van der Waals surface area contributed by atoms with Crippen molar-refractivity contribution in [3.63, 3.8) is 0 Å². The molecule has 0 aliphatic rings. The molecule has 6 heteroatoms. The Morgan fingerprint density at radius 1 is 0.291 bits per heavy atom. The van der Waals surface area contributed by atoms with Gasteiger partial charge in [0, 0.05) is 19.3 Å². The van der Waals surface area contributed by atoms with Crippen LogP contribution in [0.25, 0.3) is 0 Å². The first kappa shape index (κ1) is 53.4. The molecule has 0 aliphatic carbocycles. The van der Waals surface area contributed by atoms with Gasteiger partial charge in [0.05, 0.1) is 0 Å². The standard InChI is InChI=1S/C49H94O6/c1-4-7-10-13-15-17-19-21-23-24-26-28-30-32-34-37-40-43-49(52)55-46(44-53-47(50)41-38-35-12-9-6-3)45-54-48(51)42-39-36-33-31-29-27-25-22-20-18-16-14-11-8-5-2/h46H,4-45H2,1-3H3/t46-/m0/s1. The quantitative estimate of drug-likeness (QED) is 0.0348. The molecule has 0 spiro atoms. The van der Waals surface area contributed by atoms with Gasteiger partial charge in [0.25, 0.3) is 0 Å². The Kier molecular flexibility index (Phi) is 43.8. The first-order valence-corrected chi connectivity index (χ1v) is 24.5. The summed E-state index contributed by atoms with van der Waals surface area (Å²) < 4.78 is 16.7. The van der Waals surface area contributed by atoms with Crippen molar-refractivity contribution in [2.24, 2.45) is 0 Å². The third-order valence-corrected chi connectivity index (χ3v) is 11.1. The van der Waals surface area contributed by atoms with Crippen molar-refractivity contribution in [3.8, 4) is 0 Å². The maximum atomic E-state index is 12.7. The Balaban J connectivity index is 4.13. The highest BCUT2D eigenvalue weighted by atomic mass is 16.6. The van der Waals surface area contributed by atoms with Crippen LogP contribution in [0.1, 0.15) is 278 Å². The van der Waals surface area contributed by atoms with Gasteiger partial charge in [-0.3, -0.25) is 14.4 Å². The number of rotatable bonds is 45. The van der Waals surface area contributed by atoms with E-state index in [0.717, 1.165) is 64.2 Å². The number of esters is 3. The van der Waals surface area contributed by atoms with Gasteiger partial charge < -0.3 is 14.2 Å². The van der Waals surface area contributed by atoms with E-state index in [4.69, 9.17) is 14.2 Å². The molecule has 0 aromatic carbocycles. The van der Waals surface area contributed by atoms with E-state index in [9.17, 15) is 14.4 Å². The van der Waals surface area contributed by atoms with Crippen LogP contribution in [0.3, 0.4) is 0 Å². The average molecular weight is 779 g/mol. The first-order chi connectivity index (χ1) is 27.0. The lowest BCUT2D eigenvalue weighted by Crippen LogP contribution is -2.30. The van der Waals surface area contributed by atoms with Gasteiger partial charge in [-0.2, -0.15) is 0 Å². The van der Waals surface area contributed by atoms with Crippen LogP contribution in [0.15, 0.2) is 0 Å². The Morgan fingerprint density at radius 2 is 0.491 bits per heavy atom. The molecule has 0 aliphatic heterocycles. The van der Waals surface area contributed by atoms with Crippen LogP contribution >= 0.6 is 0 Å². The molecule has 0 saturated heterocycles. The van der Waals surface area contributed by atoms with Crippen molar-refractivity contribution in [1.82, 2.24) is 0 Å². The summed E-state index contributed by atoms with van der Waals surface area (Å²) in [5.74, 6) is -0.860. The lowest BCUT2D eigenvalue weighted by molar-refractivity contribution is -0.167. The molecular weight excluding hydrogens is 685 g/mol. The van der Waals surface area contributed by atoms with Crippen molar-refractivity contribution in [2.45, 2.75) is 284 Å². The minimum atomic E-state index is -0.757. The largest absolute Gasteiger partial charge is 0.462 e. The zero-order chi connectivity index (χ0) is 40.1. The van der Waals surface area contributed by atoms with Crippen LogP contribution in [0.2, 0.25) is 0 Å². The van der Waals surface area contributed by atoms with Gasteiger partial charge in [0.15, 0.2) is 6.10 Å². The van der Waals surface area contributed by atoms with Crippen molar-refractivity contribution < 1.29 is 28.6 Å². The van der Waals surface area contributed by atoms with Gasteiger partial charge >= 0.3 is 17.9 Å². The number of hydrogen-bond acceptors (Lipinski definition) is 6. The number of unbranched alkanes of at least 4 members (excludes halogenated alkanes) is 34. The summed E-state index contributed by atoms with van der Waals surface area (Å²) in [6.07, 6.45) is 46.9. The fourth-order valence-electron chi connectivity index (χ4n) is 7.38. The summed E-state index contributed by atoms with van der Waals surface area (Å²) in [5.41, 5.74) is 0. The van der Waals surface area contributed by atoms with Crippen molar-refractivity contribution in [3.05, 3.63) is 0 Å². The minimum Gasteiger partial charge on any atom is -0.462 e. The molecule has 0 aromatic rings. The van der Waals surface area contributed by atoms with Crippen molar-refractivity contribution in [2.75, 3.05) is 13.2 Å². The van der Waals surface area contributed by atoms with E-state index in [0.29, 0.717) is 19.3 Å². The molecule has 0 bridgehead atoms. The molecule has 0 saturated carbocycles.